The van der Waals surface area contributed by atoms with Gasteiger partial charge in [0, 0.05) is 5.75 Å². The summed E-state index contributed by atoms with van der Waals surface area (Å²) in [5.41, 5.74) is 5.08. The van der Waals surface area contributed by atoms with E-state index in [9.17, 15) is 5.11 Å². The minimum Gasteiger partial charge on any atom is -0.392 e. The van der Waals surface area contributed by atoms with Gasteiger partial charge in [0.15, 0.2) is 5.17 Å². The first-order valence-electron chi connectivity index (χ1n) is 3.19. The molecular weight excluding hydrogens is 148 g/mol. The SMILES string of the molecule is CC(C)C(O)CSC(=N)N. The van der Waals surface area contributed by atoms with Crippen LogP contribution in [0.25, 0.3) is 0 Å². The molecule has 0 aromatic carbocycles. The Morgan fingerprint density at radius 2 is 2.20 bits per heavy atom. The molecule has 0 aliphatic rings. The second kappa shape index (κ2) is 4.57. The highest BCUT2D eigenvalue weighted by Gasteiger charge is 2.08. The summed E-state index contributed by atoms with van der Waals surface area (Å²) < 4.78 is 0. The molecule has 0 aliphatic carbocycles. The molecule has 3 nitrogen and oxygen atoms in total. The van der Waals surface area contributed by atoms with Crippen LogP contribution in [-0.2, 0) is 0 Å². The second-order valence-corrected chi connectivity index (χ2v) is 3.55. The summed E-state index contributed by atoms with van der Waals surface area (Å²) >= 11 is 1.18. The van der Waals surface area contributed by atoms with E-state index in [4.69, 9.17) is 11.1 Å². The smallest absolute Gasteiger partial charge is 0.151 e. The lowest BCUT2D eigenvalue weighted by Crippen LogP contribution is -2.19. The third-order valence-electron chi connectivity index (χ3n) is 1.18. The van der Waals surface area contributed by atoms with Gasteiger partial charge in [-0.3, -0.25) is 5.41 Å². The van der Waals surface area contributed by atoms with Crippen LogP contribution in [0.5, 0.6) is 0 Å². The number of rotatable bonds is 3. The van der Waals surface area contributed by atoms with E-state index >= 15 is 0 Å². The molecule has 0 aliphatic heterocycles. The minimum absolute atomic E-state index is 0.0692. The van der Waals surface area contributed by atoms with Gasteiger partial charge in [-0.25, -0.2) is 0 Å². The molecule has 60 valence electrons. The third-order valence-corrected chi connectivity index (χ3v) is 2.00. The predicted octanol–water partition coefficient (Wildman–Crippen LogP) is 0.630. The van der Waals surface area contributed by atoms with E-state index in [0.717, 1.165) is 0 Å². The Labute approximate surface area is 65.5 Å². The van der Waals surface area contributed by atoms with Gasteiger partial charge >= 0.3 is 0 Å². The molecular formula is C6H14N2OS. The molecule has 1 unspecified atom stereocenters. The maximum Gasteiger partial charge on any atom is 0.151 e. The number of nitrogens with one attached hydrogen (secondary N) is 1. The van der Waals surface area contributed by atoms with Gasteiger partial charge in [0.05, 0.1) is 6.10 Å². The fraction of sp³-hybridized carbons (Fsp3) is 0.833. The van der Waals surface area contributed by atoms with E-state index in [-0.39, 0.29) is 17.2 Å². The molecule has 0 saturated heterocycles. The molecule has 0 bridgehead atoms. The van der Waals surface area contributed by atoms with Crippen molar-refractivity contribution in [1.29, 1.82) is 5.41 Å². The van der Waals surface area contributed by atoms with E-state index in [0.29, 0.717) is 5.75 Å². The molecule has 0 aromatic rings. The van der Waals surface area contributed by atoms with Crippen molar-refractivity contribution in [3.05, 3.63) is 0 Å². The summed E-state index contributed by atoms with van der Waals surface area (Å²) in [6.45, 7) is 3.87. The molecule has 10 heavy (non-hydrogen) atoms. The van der Waals surface area contributed by atoms with Gasteiger partial charge in [-0.2, -0.15) is 0 Å². The highest BCUT2D eigenvalue weighted by molar-refractivity contribution is 8.13. The van der Waals surface area contributed by atoms with Crippen molar-refractivity contribution in [2.24, 2.45) is 11.7 Å². The predicted molar refractivity (Wildman–Crippen MR) is 45.2 cm³/mol. The van der Waals surface area contributed by atoms with E-state index in [1.807, 2.05) is 13.8 Å². The number of aliphatic hydroxyl groups excluding tert-OH is 1. The lowest BCUT2D eigenvalue weighted by Gasteiger charge is -2.12. The average Bonchev–Trinajstić information content (AvgIpc) is 1.82. The summed E-state index contributed by atoms with van der Waals surface area (Å²) in [6.07, 6.45) is -0.353. The van der Waals surface area contributed by atoms with Crippen LogP contribution >= 0.6 is 11.8 Å². The second-order valence-electron chi connectivity index (χ2n) is 2.49. The van der Waals surface area contributed by atoms with E-state index in [1.165, 1.54) is 11.8 Å². The molecule has 0 rings (SSSR count). The normalized spacial score (nSPS) is 13.6. The Balaban J connectivity index is 3.39. The highest BCUT2D eigenvalue weighted by Crippen LogP contribution is 2.08. The van der Waals surface area contributed by atoms with Crippen molar-refractivity contribution in [1.82, 2.24) is 0 Å². The van der Waals surface area contributed by atoms with Crippen LogP contribution in [0.15, 0.2) is 0 Å². The van der Waals surface area contributed by atoms with Crippen LogP contribution < -0.4 is 5.73 Å². The molecule has 4 N–H and O–H groups in total. The van der Waals surface area contributed by atoms with Gasteiger partial charge in [-0.1, -0.05) is 25.6 Å². The maximum absolute atomic E-state index is 9.20. The quantitative estimate of drug-likeness (QED) is 0.421. The molecule has 0 saturated carbocycles. The molecule has 0 fully saturated rings. The van der Waals surface area contributed by atoms with Gasteiger partial charge in [0.2, 0.25) is 0 Å². The number of amidine groups is 1. The van der Waals surface area contributed by atoms with Crippen molar-refractivity contribution in [3.8, 4) is 0 Å². The molecule has 0 aromatic heterocycles. The van der Waals surface area contributed by atoms with E-state index in [1.54, 1.807) is 0 Å². The van der Waals surface area contributed by atoms with Crippen molar-refractivity contribution in [3.63, 3.8) is 0 Å². The van der Waals surface area contributed by atoms with Crippen LogP contribution in [-0.4, -0.2) is 22.1 Å². The third kappa shape index (κ3) is 4.64. The van der Waals surface area contributed by atoms with Gasteiger partial charge < -0.3 is 10.8 Å². The monoisotopic (exact) mass is 162 g/mol. The fourth-order valence-electron chi connectivity index (χ4n) is 0.368. The van der Waals surface area contributed by atoms with Gasteiger partial charge in [0.1, 0.15) is 0 Å². The van der Waals surface area contributed by atoms with Gasteiger partial charge in [-0.15, -0.1) is 0 Å². The molecule has 0 amide bonds. The molecule has 0 spiro atoms. The van der Waals surface area contributed by atoms with Crippen LogP contribution in [0.1, 0.15) is 13.8 Å². The summed E-state index contributed by atoms with van der Waals surface area (Å²) in [5, 5.41) is 16.1. The lowest BCUT2D eigenvalue weighted by molar-refractivity contribution is 0.149. The first-order chi connectivity index (χ1) is 4.54. The number of hydrogen-bond acceptors (Lipinski definition) is 3. The Bertz CT molecular complexity index is 116. The zero-order chi connectivity index (χ0) is 8.15. The van der Waals surface area contributed by atoms with Gasteiger partial charge in [0.25, 0.3) is 0 Å². The summed E-state index contributed by atoms with van der Waals surface area (Å²) in [6, 6.07) is 0. The fourth-order valence-corrected chi connectivity index (χ4v) is 1.10. The maximum atomic E-state index is 9.20. The lowest BCUT2D eigenvalue weighted by atomic mass is 10.1. The Morgan fingerprint density at radius 1 is 1.70 bits per heavy atom. The minimum atomic E-state index is -0.353. The van der Waals surface area contributed by atoms with Crippen molar-refractivity contribution in [2.45, 2.75) is 20.0 Å². The number of nitrogens with two attached hydrogens (primary N) is 1. The van der Waals surface area contributed by atoms with Crippen LogP contribution in [0.3, 0.4) is 0 Å². The zero-order valence-corrected chi connectivity index (χ0v) is 7.11. The summed E-state index contributed by atoms with van der Waals surface area (Å²) in [5.74, 6) is 0.763. The summed E-state index contributed by atoms with van der Waals surface area (Å²) in [7, 11) is 0. The highest BCUT2D eigenvalue weighted by atomic mass is 32.2. The van der Waals surface area contributed by atoms with E-state index < -0.39 is 0 Å². The van der Waals surface area contributed by atoms with Crippen molar-refractivity contribution >= 4 is 16.9 Å². The Kier molecular flexibility index (Phi) is 4.47. The van der Waals surface area contributed by atoms with Crippen LogP contribution in [0, 0.1) is 11.3 Å². The van der Waals surface area contributed by atoms with E-state index in [2.05, 4.69) is 0 Å². The molecule has 1 atom stereocenters. The Morgan fingerprint density at radius 3 is 2.50 bits per heavy atom. The summed E-state index contributed by atoms with van der Waals surface area (Å²) in [4.78, 5) is 0. The first-order valence-corrected chi connectivity index (χ1v) is 4.17. The molecule has 0 heterocycles. The topological polar surface area (TPSA) is 70.1 Å². The zero-order valence-electron chi connectivity index (χ0n) is 6.29. The van der Waals surface area contributed by atoms with Crippen LogP contribution in [0.4, 0.5) is 0 Å². The van der Waals surface area contributed by atoms with Crippen molar-refractivity contribution < 1.29 is 5.11 Å². The number of hydrogen-bond donors (Lipinski definition) is 3. The largest absolute Gasteiger partial charge is 0.392 e. The van der Waals surface area contributed by atoms with Gasteiger partial charge in [-0.05, 0) is 5.92 Å². The van der Waals surface area contributed by atoms with Crippen LogP contribution in [0.2, 0.25) is 0 Å². The molecule has 4 heteroatoms. The standard InChI is InChI=1S/C6H14N2OS/c1-4(2)5(9)3-10-6(7)8/h4-5,9H,3H2,1-2H3,(H3,7,8). The number of thioether (sulfide) groups is 1. The first kappa shape index (κ1) is 9.78. The molecule has 0 radical (unpaired) electrons. The van der Waals surface area contributed by atoms with Crippen molar-refractivity contribution in [2.75, 3.05) is 5.75 Å². The average molecular weight is 162 g/mol. The number of aliphatic hydroxyl groups is 1. The Hall–Kier alpha value is -0.220.